The van der Waals surface area contributed by atoms with E-state index in [0.29, 0.717) is 40.9 Å². The number of nitrogens with zero attached hydrogens (tertiary/aromatic N) is 4. The predicted octanol–water partition coefficient (Wildman–Crippen LogP) is 3.56. The number of hydrogen-bond acceptors (Lipinski definition) is 6. The molecule has 1 aliphatic heterocycles. The molecule has 0 fully saturated rings. The molecule has 0 saturated heterocycles. The number of ether oxygens (including phenoxy) is 2. The van der Waals surface area contributed by atoms with Gasteiger partial charge in [0.25, 0.3) is 0 Å². The Hall–Kier alpha value is -2.22. The molecule has 1 aromatic carbocycles. The molecule has 158 valence electrons. The molecule has 1 aromatic heterocycles. The largest absolute Gasteiger partial charge is 0.485 e. The fourth-order valence-corrected chi connectivity index (χ4v) is 4.08. The first-order chi connectivity index (χ1) is 13.8. The normalized spacial score (nSPS) is 15.8. The van der Waals surface area contributed by atoms with E-state index >= 15 is 0 Å². The number of amides is 1. The van der Waals surface area contributed by atoms with Crippen LogP contribution in [-0.4, -0.2) is 51.0 Å². The van der Waals surface area contributed by atoms with E-state index < -0.39 is 0 Å². The smallest absolute Gasteiger partial charge is 0.233 e. The maximum atomic E-state index is 12.7. The lowest BCUT2D eigenvalue weighted by atomic mass is 10.1. The van der Waals surface area contributed by atoms with E-state index in [1.165, 1.54) is 11.8 Å². The number of rotatable bonds is 8. The summed E-state index contributed by atoms with van der Waals surface area (Å²) in [7, 11) is 1.89. The third kappa shape index (κ3) is 5.44. The second kappa shape index (κ2) is 9.52. The van der Waals surface area contributed by atoms with E-state index in [0.717, 1.165) is 18.8 Å². The molecule has 29 heavy (non-hydrogen) atoms. The first kappa shape index (κ1) is 21.5. The van der Waals surface area contributed by atoms with Gasteiger partial charge in [-0.25, -0.2) is 0 Å². The lowest BCUT2D eigenvalue weighted by Gasteiger charge is -2.26. The minimum absolute atomic E-state index is 0.133. The molecule has 8 heteroatoms. The summed E-state index contributed by atoms with van der Waals surface area (Å²) < 4.78 is 13.7. The maximum absolute atomic E-state index is 12.7. The molecule has 0 saturated carbocycles. The predicted molar refractivity (Wildman–Crippen MR) is 113 cm³/mol. The van der Waals surface area contributed by atoms with Crippen LogP contribution >= 0.6 is 11.8 Å². The van der Waals surface area contributed by atoms with Gasteiger partial charge in [-0.15, -0.1) is 10.2 Å². The van der Waals surface area contributed by atoms with E-state index in [9.17, 15) is 4.79 Å². The lowest BCUT2D eigenvalue weighted by molar-refractivity contribution is -0.129. The Bertz CT molecular complexity index is 827. The van der Waals surface area contributed by atoms with E-state index in [1.54, 1.807) is 0 Å². The molecule has 0 unspecified atom stereocenters. The van der Waals surface area contributed by atoms with Gasteiger partial charge >= 0.3 is 0 Å². The van der Waals surface area contributed by atoms with Crippen LogP contribution in [0.25, 0.3) is 0 Å². The van der Waals surface area contributed by atoms with Gasteiger partial charge in [0.05, 0.1) is 5.75 Å². The Labute approximate surface area is 176 Å². The van der Waals surface area contributed by atoms with Gasteiger partial charge in [0.15, 0.2) is 28.6 Å². The van der Waals surface area contributed by atoms with Crippen molar-refractivity contribution in [1.29, 1.82) is 0 Å². The topological polar surface area (TPSA) is 69.5 Å². The van der Waals surface area contributed by atoms with Crippen molar-refractivity contribution < 1.29 is 14.3 Å². The number of carbonyl (C=O) groups excluding carboxylic acids is 1. The molecule has 1 amide bonds. The summed E-state index contributed by atoms with van der Waals surface area (Å²) in [4.78, 5) is 14.7. The van der Waals surface area contributed by atoms with Gasteiger partial charge in [-0.2, -0.15) is 0 Å². The molecule has 7 nitrogen and oxygen atoms in total. The number of aromatic nitrogens is 3. The molecular weight excluding hydrogens is 388 g/mol. The lowest BCUT2D eigenvalue weighted by Crippen LogP contribution is -2.38. The van der Waals surface area contributed by atoms with Crippen molar-refractivity contribution in [3.8, 4) is 11.5 Å². The minimum atomic E-state index is -0.328. The summed E-state index contributed by atoms with van der Waals surface area (Å²) in [6.45, 7) is 10.5. The maximum Gasteiger partial charge on any atom is 0.233 e. The third-order valence-corrected chi connectivity index (χ3v) is 5.52. The molecule has 0 aliphatic carbocycles. The van der Waals surface area contributed by atoms with Gasteiger partial charge in [-0.3, -0.25) is 4.79 Å². The summed E-state index contributed by atoms with van der Waals surface area (Å²) >= 11 is 1.41. The van der Waals surface area contributed by atoms with Crippen LogP contribution in [0.5, 0.6) is 11.5 Å². The summed E-state index contributed by atoms with van der Waals surface area (Å²) in [6, 6.07) is 7.59. The third-order valence-electron chi connectivity index (χ3n) is 4.51. The van der Waals surface area contributed by atoms with E-state index in [-0.39, 0.29) is 12.0 Å². The monoisotopic (exact) mass is 418 g/mol. The highest BCUT2D eigenvalue weighted by atomic mass is 32.2. The van der Waals surface area contributed by atoms with Crippen LogP contribution in [0.3, 0.4) is 0 Å². The zero-order valence-electron chi connectivity index (χ0n) is 17.8. The average molecular weight is 419 g/mol. The van der Waals surface area contributed by atoms with Crippen molar-refractivity contribution in [3.05, 3.63) is 30.1 Å². The minimum Gasteiger partial charge on any atom is -0.485 e. The van der Waals surface area contributed by atoms with Gasteiger partial charge in [-0.05, 0) is 24.0 Å². The Morgan fingerprint density at radius 1 is 1.17 bits per heavy atom. The van der Waals surface area contributed by atoms with E-state index in [4.69, 9.17) is 9.47 Å². The Kier molecular flexibility index (Phi) is 7.05. The van der Waals surface area contributed by atoms with Gasteiger partial charge in [0, 0.05) is 20.1 Å². The van der Waals surface area contributed by atoms with Crippen molar-refractivity contribution in [1.82, 2.24) is 19.7 Å². The molecule has 0 radical (unpaired) electrons. The van der Waals surface area contributed by atoms with Gasteiger partial charge in [0.2, 0.25) is 5.91 Å². The van der Waals surface area contributed by atoms with Crippen LogP contribution in [0.1, 0.15) is 39.6 Å². The van der Waals surface area contributed by atoms with Crippen LogP contribution in [0.2, 0.25) is 0 Å². The van der Waals surface area contributed by atoms with Gasteiger partial charge < -0.3 is 18.9 Å². The first-order valence-electron chi connectivity index (χ1n) is 10.0. The molecule has 0 spiro atoms. The second-order valence-electron chi connectivity index (χ2n) is 8.14. The second-order valence-corrected chi connectivity index (χ2v) is 9.08. The van der Waals surface area contributed by atoms with E-state index in [1.807, 2.05) is 40.8 Å². The summed E-state index contributed by atoms with van der Waals surface area (Å²) in [5, 5.41) is 9.26. The van der Waals surface area contributed by atoms with E-state index in [2.05, 4.69) is 37.9 Å². The van der Waals surface area contributed by atoms with Crippen LogP contribution < -0.4 is 9.47 Å². The number of thioether (sulfide) groups is 1. The van der Waals surface area contributed by atoms with Crippen molar-refractivity contribution in [2.75, 3.05) is 25.4 Å². The highest BCUT2D eigenvalue weighted by molar-refractivity contribution is 7.99. The molecule has 2 aromatic rings. The highest BCUT2D eigenvalue weighted by Crippen LogP contribution is 2.35. The fraction of sp³-hybridized carbons (Fsp3) is 0.571. The van der Waals surface area contributed by atoms with Crippen LogP contribution in [-0.2, 0) is 11.8 Å². The first-order valence-corrected chi connectivity index (χ1v) is 11.0. The summed E-state index contributed by atoms with van der Waals surface area (Å²) in [6.07, 6.45) is -0.328. The number of carbonyl (C=O) groups is 1. The quantitative estimate of drug-likeness (QED) is 0.611. The molecule has 3 rings (SSSR count). The number of para-hydroxylation sites is 2. The van der Waals surface area contributed by atoms with Gasteiger partial charge in [-0.1, -0.05) is 51.6 Å². The highest BCUT2D eigenvalue weighted by Gasteiger charge is 2.28. The molecule has 1 aliphatic rings. The zero-order chi connectivity index (χ0) is 21.0. The SMILES string of the molecule is CC(C)CN(CC(C)C)C(=O)CSc1nnc([C@@H]2COc3ccccc3O2)n1C. The Balaban J connectivity index is 1.63. The van der Waals surface area contributed by atoms with Gasteiger partial charge in [0.1, 0.15) is 6.61 Å². The number of hydrogen-bond donors (Lipinski definition) is 0. The molecular formula is C21H30N4O3S. The molecule has 0 N–H and O–H groups in total. The van der Waals surface area contributed by atoms with Crippen molar-refractivity contribution in [2.45, 2.75) is 39.0 Å². The number of benzene rings is 1. The van der Waals surface area contributed by atoms with Crippen LogP contribution in [0, 0.1) is 11.8 Å². The van der Waals surface area contributed by atoms with Crippen molar-refractivity contribution in [2.24, 2.45) is 18.9 Å². The molecule has 0 bridgehead atoms. The standard InChI is InChI=1S/C21H30N4O3S/c1-14(2)10-25(11-15(3)4)19(26)13-29-21-23-22-20(24(21)5)18-12-27-16-8-6-7-9-17(16)28-18/h6-9,14-15,18H,10-13H2,1-5H3/t18-/m0/s1. The fourth-order valence-electron chi connectivity index (χ4n) is 3.26. The van der Waals surface area contributed by atoms with Crippen molar-refractivity contribution >= 4 is 17.7 Å². The molecule has 1 atom stereocenters. The molecule has 2 heterocycles. The summed E-state index contributed by atoms with van der Waals surface area (Å²) in [5.74, 6) is 3.49. The number of fused-ring (bicyclic) bond motifs is 1. The average Bonchev–Trinajstić information content (AvgIpc) is 3.05. The Morgan fingerprint density at radius 2 is 1.83 bits per heavy atom. The summed E-state index contributed by atoms with van der Waals surface area (Å²) in [5.41, 5.74) is 0. The van der Waals surface area contributed by atoms with Crippen molar-refractivity contribution in [3.63, 3.8) is 0 Å². The Morgan fingerprint density at radius 3 is 2.48 bits per heavy atom. The van der Waals surface area contributed by atoms with Crippen LogP contribution in [0.4, 0.5) is 0 Å². The van der Waals surface area contributed by atoms with Crippen LogP contribution in [0.15, 0.2) is 29.4 Å². The zero-order valence-corrected chi connectivity index (χ0v) is 18.6.